The van der Waals surface area contributed by atoms with Crippen molar-refractivity contribution in [1.29, 1.82) is 5.26 Å². The summed E-state index contributed by atoms with van der Waals surface area (Å²) in [7, 11) is 0. The molecule has 0 saturated heterocycles. The van der Waals surface area contributed by atoms with Crippen LogP contribution in [0.5, 0.6) is 5.75 Å². The van der Waals surface area contributed by atoms with Crippen LogP contribution in [0.3, 0.4) is 0 Å². The van der Waals surface area contributed by atoms with Crippen LogP contribution in [0.4, 0.5) is 0 Å². The van der Waals surface area contributed by atoms with E-state index in [0.717, 1.165) is 10.6 Å². The lowest BCUT2D eigenvalue weighted by atomic mass is 10.2. The minimum atomic E-state index is 0.441. The fraction of sp³-hybridized carbons (Fsp3) is 0.0909. The highest BCUT2D eigenvalue weighted by molar-refractivity contribution is 7.15. The third kappa shape index (κ3) is 2.72. The highest BCUT2D eigenvalue weighted by atomic mass is 35.5. The number of rotatable bonds is 3. The average molecular weight is 251 g/mol. The van der Waals surface area contributed by atoms with Crippen molar-refractivity contribution < 1.29 is 4.74 Å². The maximum Gasteiger partial charge on any atom is 0.183 e. The Hall–Kier alpha value is -1.57. The highest BCUT2D eigenvalue weighted by Crippen LogP contribution is 2.20. The summed E-state index contributed by atoms with van der Waals surface area (Å²) in [5.41, 5.74) is 0.619. The maximum atomic E-state index is 8.63. The van der Waals surface area contributed by atoms with Crippen molar-refractivity contribution >= 4 is 22.9 Å². The van der Waals surface area contributed by atoms with Gasteiger partial charge >= 0.3 is 0 Å². The predicted octanol–water partition coefficient (Wildman–Crippen LogP) is 3.25. The minimum Gasteiger partial charge on any atom is -0.488 e. The molecule has 0 spiro atoms. The first kappa shape index (κ1) is 10.9. The van der Waals surface area contributed by atoms with Crippen LogP contribution in [-0.2, 0) is 6.61 Å². The zero-order chi connectivity index (χ0) is 11.4. The Morgan fingerprint density at radius 3 is 2.69 bits per heavy atom. The van der Waals surface area contributed by atoms with Gasteiger partial charge in [-0.1, -0.05) is 11.6 Å². The maximum absolute atomic E-state index is 8.63. The van der Waals surface area contributed by atoms with Crippen molar-refractivity contribution in [2.45, 2.75) is 6.61 Å². The molecule has 16 heavy (non-hydrogen) atoms. The van der Waals surface area contributed by atoms with E-state index in [0.29, 0.717) is 16.6 Å². The Morgan fingerprint density at radius 2 is 2.12 bits per heavy atom. The highest BCUT2D eigenvalue weighted by Gasteiger charge is 2.00. The van der Waals surface area contributed by atoms with Crippen molar-refractivity contribution in [3.63, 3.8) is 0 Å². The summed E-state index contributed by atoms with van der Waals surface area (Å²) < 4.78 is 6.02. The molecule has 1 aromatic carbocycles. The van der Waals surface area contributed by atoms with Gasteiger partial charge < -0.3 is 4.74 Å². The zero-order valence-electron chi connectivity index (χ0n) is 8.18. The van der Waals surface area contributed by atoms with Crippen molar-refractivity contribution in [1.82, 2.24) is 4.98 Å². The fourth-order valence-electron chi connectivity index (χ4n) is 1.13. The summed E-state index contributed by atoms with van der Waals surface area (Å²) in [6.45, 7) is 0.441. The molecule has 1 heterocycles. The van der Waals surface area contributed by atoms with E-state index in [1.54, 1.807) is 30.5 Å². The molecule has 0 aliphatic carbocycles. The second kappa shape index (κ2) is 4.97. The lowest BCUT2D eigenvalue weighted by molar-refractivity contribution is 0.309. The lowest BCUT2D eigenvalue weighted by Crippen LogP contribution is -1.92. The molecule has 0 amide bonds. The molecular formula is C11H7ClN2OS. The Balaban J connectivity index is 1.97. The molecule has 0 fully saturated rings. The number of aromatic nitrogens is 1. The normalized spacial score (nSPS) is 9.75. The number of nitriles is 1. The summed E-state index contributed by atoms with van der Waals surface area (Å²) in [4.78, 5) is 4.88. The van der Waals surface area contributed by atoms with E-state index in [4.69, 9.17) is 21.6 Å². The van der Waals surface area contributed by atoms with Crippen molar-refractivity contribution in [2.75, 3.05) is 0 Å². The van der Waals surface area contributed by atoms with Crippen LogP contribution in [0.25, 0.3) is 0 Å². The molecule has 0 bridgehead atoms. The molecule has 0 N–H and O–H groups in total. The van der Waals surface area contributed by atoms with E-state index in [-0.39, 0.29) is 0 Å². The van der Waals surface area contributed by atoms with Gasteiger partial charge in [-0.2, -0.15) is 5.26 Å². The van der Waals surface area contributed by atoms with Gasteiger partial charge in [-0.3, -0.25) is 0 Å². The molecule has 1 aromatic heterocycles. The molecular weight excluding hydrogens is 244 g/mol. The smallest absolute Gasteiger partial charge is 0.183 e. The second-order valence-electron chi connectivity index (χ2n) is 3.00. The molecule has 3 nitrogen and oxygen atoms in total. The largest absolute Gasteiger partial charge is 0.488 e. The molecule has 5 heteroatoms. The van der Waals surface area contributed by atoms with Crippen LogP contribution in [-0.4, -0.2) is 4.98 Å². The van der Waals surface area contributed by atoms with Crippen LogP contribution >= 0.6 is 22.9 Å². The van der Waals surface area contributed by atoms with E-state index < -0.39 is 0 Å². The number of ether oxygens (including phenoxy) is 1. The van der Waals surface area contributed by atoms with E-state index >= 15 is 0 Å². The van der Waals surface area contributed by atoms with Gasteiger partial charge in [0, 0.05) is 6.20 Å². The van der Waals surface area contributed by atoms with E-state index in [9.17, 15) is 0 Å². The molecule has 0 radical (unpaired) electrons. The van der Waals surface area contributed by atoms with Gasteiger partial charge in [-0.25, -0.2) is 4.98 Å². The standard InChI is InChI=1S/C11H7ClN2OS/c12-11-14-6-10(16-11)7-15-9-3-1-8(5-13)2-4-9/h1-4,6H,7H2. The average Bonchev–Trinajstić information content (AvgIpc) is 2.73. The number of hydrogen-bond acceptors (Lipinski definition) is 4. The van der Waals surface area contributed by atoms with Crippen molar-refractivity contribution in [3.8, 4) is 11.8 Å². The number of halogens is 1. The van der Waals surface area contributed by atoms with Gasteiger partial charge in [0.1, 0.15) is 12.4 Å². The molecule has 0 aliphatic rings. The van der Waals surface area contributed by atoms with Crippen LogP contribution in [0.15, 0.2) is 30.5 Å². The minimum absolute atomic E-state index is 0.441. The van der Waals surface area contributed by atoms with Crippen molar-refractivity contribution in [3.05, 3.63) is 45.4 Å². The van der Waals surface area contributed by atoms with Crippen molar-refractivity contribution in [2.24, 2.45) is 0 Å². The van der Waals surface area contributed by atoms with E-state index in [1.807, 2.05) is 0 Å². The SMILES string of the molecule is N#Cc1ccc(OCc2cnc(Cl)s2)cc1. The summed E-state index contributed by atoms with van der Waals surface area (Å²) in [5, 5.41) is 8.63. The van der Waals surface area contributed by atoms with Gasteiger partial charge in [0.25, 0.3) is 0 Å². The van der Waals surface area contributed by atoms with E-state index in [1.165, 1.54) is 11.3 Å². The topological polar surface area (TPSA) is 45.9 Å². The first-order chi connectivity index (χ1) is 7.78. The summed E-state index contributed by atoms with van der Waals surface area (Å²) in [5.74, 6) is 0.725. The number of thiazole rings is 1. The van der Waals surface area contributed by atoms with Gasteiger partial charge in [0.2, 0.25) is 0 Å². The van der Waals surface area contributed by atoms with Crippen LogP contribution < -0.4 is 4.74 Å². The number of nitrogens with zero attached hydrogens (tertiary/aromatic N) is 2. The Kier molecular flexibility index (Phi) is 3.40. The summed E-state index contributed by atoms with van der Waals surface area (Å²) in [6.07, 6.45) is 1.69. The zero-order valence-corrected chi connectivity index (χ0v) is 9.76. The molecule has 2 aromatic rings. The molecule has 80 valence electrons. The number of benzene rings is 1. The van der Waals surface area contributed by atoms with Crippen LogP contribution in [0.2, 0.25) is 4.47 Å². The molecule has 0 unspecified atom stereocenters. The molecule has 2 rings (SSSR count). The fourth-order valence-corrected chi connectivity index (χ4v) is 2.02. The first-order valence-electron chi connectivity index (χ1n) is 4.51. The van der Waals surface area contributed by atoms with Gasteiger partial charge in [-0.05, 0) is 24.3 Å². The van der Waals surface area contributed by atoms with Gasteiger partial charge in [0.05, 0.1) is 16.5 Å². The lowest BCUT2D eigenvalue weighted by Gasteiger charge is -2.03. The monoisotopic (exact) mass is 250 g/mol. The Labute approximate surface area is 102 Å². The number of hydrogen-bond donors (Lipinski definition) is 0. The first-order valence-corrected chi connectivity index (χ1v) is 5.70. The van der Waals surface area contributed by atoms with Crippen LogP contribution in [0.1, 0.15) is 10.4 Å². The quantitative estimate of drug-likeness (QED) is 0.840. The van der Waals surface area contributed by atoms with E-state index in [2.05, 4.69) is 11.1 Å². The summed E-state index contributed by atoms with van der Waals surface area (Å²) in [6, 6.07) is 9.01. The third-order valence-corrected chi connectivity index (χ3v) is 2.98. The van der Waals surface area contributed by atoms with Gasteiger partial charge in [0.15, 0.2) is 4.47 Å². The van der Waals surface area contributed by atoms with Gasteiger partial charge in [-0.15, -0.1) is 11.3 Å². The third-order valence-electron chi connectivity index (χ3n) is 1.89. The predicted molar refractivity (Wildman–Crippen MR) is 62.6 cm³/mol. The molecule has 0 atom stereocenters. The van der Waals surface area contributed by atoms with Crippen LogP contribution in [0, 0.1) is 11.3 Å². The Bertz CT molecular complexity index is 516. The second-order valence-corrected chi connectivity index (χ2v) is 4.70. The summed E-state index contributed by atoms with van der Waals surface area (Å²) >= 11 is 7.09. The molecule has 0 aliphatic heterocycles. The Morgan fingerprint density at radius 1 is 1.38 bits per heavy atom. The molecule has 0 saturated carbocycles.